The van der Waals surface area contributed by atoms with Crippen molar-refractivity contribution in [1.82, 2.24) is 0 Å². The number of para-hydroxylation sites is 1. The number of phenolic OH excluding ortho intramolecular Hbond substituents is 1. The van der Waals surface area contributed by atoms with Crippen molar-refractivity contribution >= 4 is 12.4 Å². The van der Waals surface area contributed by atoms with Gasteiger partial charge in [-0.05, 0) is 18.1 Å². The monoisotopic (exact) mass is 203 g/mol. The fourth-order valence-corrected chi connectivity index (χ4v) is 1.03. The lowest BCUT2D eigenvalue weighted by molar-refractivity contribution is 0.264. The maximum absolute atomic E-state index is 9.32. The molecule has 4 N–H and O–H groups in total. The topological polar surface area (TPSA) is 66.5 Å². The van der Waals surface area contributed by atoms with E-state index < -0.39 is 0 Å². The summed E-state index contributed by atoms with van der Waals surface area (Å²) in [4.78, 5) is 0. The minimum absolute atomic E-state index is 0. The lowest BCUT2D eigenvalue weighted by Crippen LogP contribution is -2.26. The minimum atomic E-state index is -0.293. The molecule has 0 aliphatic carbocycles. The third kappa shape index (κ3) is 3.63. The van der Waals surface area contributed by atoms with Gasteiger partial charge in [0.15, 0.2) is 0 Å². The van der Waals surface area contributed by atoms with Gasteiger partial charge in [-0.25, -0.2) is 0 Å². The van der Waals surface area contributed by atoms with E-state index in [0.717, 1.165) is 5.56 Å². The zero-order chi connectivity index (χ0) is 8.97. The van der Waals surface area contributed by atoms with Gasteiger partial charge in [0.25, 0.3) is 0 Å². The number of benzene rings is 1. The minimum Gasteiger partial charge on any atom is -0.508 e. The van der Waals surface area contributed by atoms with Crippen molar-refractivity contribution in [1.29, 1.82) is 0 Å². The summed E-state index contributed by atoms with van der Waals surface area (Å²) in [6, 6.07) is 6.70. The van der Waals surface area contributed by atoms with Crippen LogP contribution in [0.4, 0.5) is 0 Å². The van der Waals surface area contributed by atoms with Crippen LogP contribution in [0.2, 0.25) is 0 Å². The smallest absolute Gasteiger partial charge is 0.118 e. The van der Waals surface area contributed by atoms with Crippen molar-refractivity contribution in [3.8, 4) is 5.75 Å². The second-order valence-electron chi connectivity index (χ2n) is 2.78. The molecule has 0 aliphatic heterocycles. The number of halogens is 1. The highest BCUT2D eigenvalue weighted by Crippen LogP contribution is 2.16. The van der Waals surface area contributed by atoms with E-state index in [1.807, 2.05) is 6.07 Å². The van der Waals surface area contributed by atoms with Gasteiger partial charge in [-0.15, -0.1) is 12.4 Å². The molecule has 1 unspecified atom stereocenters. The maximum Gasteiger partial charge on any atom is 0.118 e. The van der Waals surface area contributed by atoms with Gasteiger partial charge in [-0.2, -0.15) is 0 Å². The van der Waals surface area contributed by atoms with Crippen LogP contribution < -0.4 is 5.73 Å². The van der Waals surface area contributed by atoms with Crippen LogP contribution in [0.5, 0.6) is 5.75 Å². The van der Waals surface area contributed by atoms with Gasteiger partial charge in [0.2, 0.25) is 0 Å². The number of hydrogen-bond acceptors (Lipinski definition) is 3. The molecule has 0 aromatic heterocycles. The quantitative estimate of drug-likeness (QED) is 0.677. The highest BCUT2D eigenvalue weighted by Gasteiger charge is 2.04. The average molecular weight is 204 g/mol. The summed E-state index contributed by atoms with van der Waals surface area (Å²) in [6.45, 7) is -0.0612. The first-order valence-corrected chi connectivity index (χ1v) is 3.87. The van der Waals surface area contributed by atoms with Crippen LogP contribution in [0.1, 0.15) is 5.56 Å². The van der Waals surface area contributed by atoms with E-state index in [1.54, 1.807) is 18.2 Å². The molecule has 1 atom stereocenters. The summed E-state index contributed by atoms with van der Waals surface area (Å²) in [5.74, 6) is 0.237. The third-order valence-corrected chi connectivity index (χ3v) is 1.71. The Bertz CT molecular complexity index is 255. The number of aromatic hydroxyl groups is 1. The molecule has 3 nitrogen and oxygen atoms in total. The van der Waals surface area contributed by atoms with Crippen molar-refractivity contribution < 1.29 is 10.2 Å². The predicted octanol–water partition coefficient (Wildman–Crippen LogP) is 0.676. The van der Waals surface area contributed by atoms with Crippen molar-refractivity contribution in [2.24, 2.45) is 5.73 Å². The highest BCUT2D eigenvalue weighted by molar-refractivity contribution is 5.85. The molecule has 1 aromatic carbocycles. The first-order chi connectivity index (χ1) is 5.74. The highest BCUT2D eigenvalue weighted by atomic mass is 35.5. The summed E-state index contributed by atoms with van der Waals surface area (Å²) in [5.41, 5.74) is 6.29. The first-order valence-electron chi connectivity index (χ1n) is 3.87. The molecule has 74 valence electrons. The van der Waals surface area contributed by atoms with Gasteiger partial charge in [-0.3, -0.25) is 0 Å². The number of aliphatic hydroxyl groups is 1. The molecule has 0 radical (unpaired) electrons. The van der Waals surface area contributed by atoms with Crippen LogP contribution in [0.25, 0.3) is 0 Å². The second kappa shape index (κ2) is 5.80. The maximum atomic E-state index is 9.32. The molecule has 13 heavy (non-hydrogen) atoms. The van der Waals surface area contributed by atoms with Crippen molar-refractivity contribution in [3.05, 3.63) is 29.8 Å². The molecule has 0 fully saturated rings. The Morgan fingerprint density at radius 2 is 1.92 bits per heavy atom. The Hall–Kier alpha value is -0.770. The van der Waals surface area contributed by atoms with Crippen LogP contribution in [-0.4, -0.2) is 22.9 Å². The van der Waals surface area contributed by atoms with Crippen molar-refractivity contribution in [2.75, 3.05) is 6.61 Å². The van der Waals surface area contributed by atoms with E-state index in [-0.39, 0.29) is 30.8 Å². The normalized spacial score (nSPS) is 11.8. The third-order valence-electron chi connectivity index (χ3n) is 1.71. The molecule has 0 saturated heterocycles. The predicted molar refractivity (Wildman–Crippen MR) is 54.1 cm³/mol. The van der Waals surface area contributed by atoms with Gasteiger partial charge in [0, 0.05) is 6.04 Å². The molecular formula is C9H14ClNO2. The van der Waals surface area contributed by atoms with E-state index in [2.05, 4.69) is 0 Å². The Labute approximate surface area is 83.6 Å². The van der Waals surface area contributed by atoms with Crippen LogP contribution >= 0.6 is 12.4 Å². The summed E-state index contributed by atoms with van der Waals surface area (Å²) < 4.78 is 0. The van der Waals surface area contributed by atoms with Crippen LogP contribution in [-0.2, 0) is 6.42 Å². The van der Waals surface area contributed by atoms with Gasteiger partial charge >= 0.3 is 0 Å². The number of nitrogens with two attached hydrogens (primary N) is 1. The van der Waals surface area contributed by atoms with E-state index in [0.29, 0.717) is 6.42 Å². The summed E-state index contributed by atoms with van der Waals surface area (Å²) >= 11 is 0. The molecule has 0 aliphatic rings. The van der Waals surface area contributed by atoms with Gasteiger partial charge in [0.1, 0.15) is 5.75 Å². The number of phenols is 1. The summed E-state index contributed by atoms with van der Waals surface area (Å²) in [6.07, 6.45) is 0.503. The number of rotatable bonds is 3. The lowest BCUT2D eigenvalue weighted by atomic mass is 10.1. The Balaban J connectivity index is 0.00000144. The standard InChI is InChI=1S/C9H13NO2.ClH/c10-8(6-11)5-7-3-1-2-4-9(7)12;/h1-4,8,11-12H,5-6,10H2;1H. The first kappa shape index (κ1) is 12.2. The van der Waals surface area contributed by atoms with E-state index in [4.69, 9.17) is 10.8 Å². The van der Waals surface area contributed by atoms with Gasteiger partial charge in [-0.1, -0.05) is 18.2 Å². The molecule has 0 bridgehead atoms. The van der Waals surface area contributed by atoms with Crippen LogP contribution in [0.3, 0.4) is 0 Å². The molecule has 0 saturated carbocycles. The van der Waals surface area contributed by atoms with Crippen molar-refractivity contribution in [2.45, 2.75) is 12.5 Å². The van der Waals surface area contributed by atoms with Gasteiger partial charge < -0.3 is 15.9 Å². The Morgan fingerprint density at radius 3 is 2.46 bits per heavy atom. The molecule has 1 rings (SSSR count). The lowest BCUT2D eigenvalue weighted by Gasteiger charge is -2.08. The molecule has 1 aromatic rings. The number of hydrogen-bond donors (Lipinski definition) is 3. The molecule has 0 amide bonds. The van der Waals surface area contributed by atoms with Crippen LogP contribution in [0.15, 0.2) is 24.3 Å². The molecular weight excluding hydrogens is 190 g/mol. The largest absolute Gasteiger partial charge is 0.508 e. The van der Waals surface area contributed by atoms with Crippen LogP contribution in [0, 0.1) is 0 Å². The average Bonchev–Trinajstić information content (AvgIpc) is 2.09. The molecule has 4 heteroatoms. The zero-order valence-electron chi connectivity index (χ0n) is 7.18. The van der Waals surface area contributed by atoms with E-state index >= 15 is 0 Å². The SMILES string of the molecule is Cl.NC(CO)Cc1ccccc1O. The van der Waals surface area contributed by atoms with E-state index in [9.17, 15) is 5.11 Å². The number of aliphatic hydroxyl groups excluding tert-OH is 1. The Kier molecular flexibility index (Phi) is 5.46. The van der Waals surface area contributed by atoms with E-state index in [1.165, 1.54) is 0 Å². The molecule has 0 heterocycles. The summed E-state index contributed by atoms with van der Waals surface area (Å²) in [5, 5.41) is 18.0. The van der Waals surface area contributed by atoms with Crippen molar-refractivity contribution in [3.63, 3.8) is 0 Å². The molecule has 0 spiro atoms. The zero-order valence-corrected chi connectivity index (χ0v) is 8.00. The Morgan fingerprint density at radius 1 is 1.31 bits per heavy atom. The fraction of sp³-hybridized carbons (Fsp3) is 0.333. The summed E-state index contributed by atoms with van der Waals surface area (Å²) in [7, 11) is 0. The van der Waals surface area contributed by atoms with Gasteiger partial charge in [0.05, 0.1) is 6.61 Å². The second-order valence-corrected chi connectivity index (χ2v) is 2.78. The fourth-order valence-electron chi connectivity index (χ4n) is 1.03.